The summed E-state index contributed by atoms with van der Waals surface area (Å²) in [6, 6.07) is 12.8. The van der Waals surface area contributed by atoms with E-state index in [1.807, 2.05) is 43.6 Å². The van der Waals surface area contributed by atoms with Crippen molar-refractivity contribution in [3.8, 4) is 0 Å². The van der Waals surface area contributed by atoms with Gasteiger partial charge in [0.1, 0.15) is 17.5 Å². The van der Waals surface area contributed by atoms with Gasteiger partial charge in [0, 0.05) is 42.8 Å². The van der Waals surface area contributed by atoms with Crippen LogP contribution in [0.25, 0.3) is 0 Å². The van der Waals surface area contributed by atoms with E-state index in [0.29, 0.717) is 11.9 Å². The molecule has 2 heterocycles. The molecule has 7 heteroatoms. The molecule has 4 rings (SSSR count). The highest BCUT2D eigenvalue weighted by atomic mass is 32.2. The molecule has 6 nitrogen and oxygen atoms in total. The molecule has 31 heavy (non-hydrogen) atoms. The second-order valence-electron chi connectivity index (χ2n) is 8.34. The minimum absolute atomic E-state index is 0.434. The Bertz CT molecular complexity index is 980. The second-order valence-corrected chi connectivity index (χ2v) is 9.19. The van der Waals surface area contributed by atoms with Crippen molar-refractivity contribution in [3.63, 3.8) is 0 Å². The van der Waals surface area contributed by atoms with Gasteiger partial charge in [-0.05, 0) is 55.2 Å². The maximum atomic E-state index is 6.21. The molecule has 0 bridgehead atoms. The second kappa shape index (κ2) is 9.75. The zero-order chi connectivity index (χ0) is 21.8. The van der Waals surface area contributed by atoms with Crippen molar-refractivity contribution >= 4 is 29.1 Å². The monoisotopic (exact) mass is 436 g/mol. The molecule has 4 N–H and O–H groups in total. The van der Waals surface area contributed by atoms with Crippen LogP contribution in [-0.4, -0.2) is 42.1 Å². The van der Waals surface area contributed by atoms with Crippen molar-refractivity contribution in [1.29, 1.82) is 0 Å². The van der Waals surface area contributed by atoms with E-state index < -0.39 is 0 Å². The molecule has 1 aliphatic carbocycles. The lowest BCUT2D eigenvalue weighted by molar-refractivity contribution is 0.0528. The number of hydrogen-bond donors (Lipinski definition) is 3. The van der Waals surface area contributed by atoms with Gasteiger partial charge in [-0.2, -0.15) is 0 Å². The van der Waals surface area contributed by atoms with Gasteiger partial charge in [-0.3, -0.25) is 4.90 Å². The summed E-state index contributed by atoms with van der Waals surface area (Å²) in [5.74, 6) is 2.84. The molecule has 1 aromatic carbocycles. The van der Waals surface area contributed by atoms with Crippen LogP contribution >= 0.6 is 11.8 Å². The number of thioether (sulfide) groups is 1. The van der Waals surface area contributed by atoms with E-state index in [-0.39, 0.29) is 0 Å². The van der Waals surface area contributed by atoms with Crippen LogP contribution < -0.4 is 16.4 Å². The number of pyridine rings is 1. The SMILES string of the molecule is CN/C(=C\C(N)=Nc1ccccc1SC)Nc1ccc2c(n1)CCCC2N1CC(C)C1. The van der Waals surface area contributed by atoms with Gasteiger partial charge in [0.05, 0.1) is 5.69 Å². The smallest absolute Gasteiger partial charge is 0.131 e. The number of fused-ring (bicyclic) bond motifs is 1. The number of anilines is 1. The summed E-state index contributed by atoms with van der Waals surface area (Å²) in [6.45, 7) is 4.73. The Morgan fingerprint density at radius 3 is 2.81 bits per heavy atom. The van der Waals surface area contributed by atoms with E-state index in [0.717, 1.165) is 34.6 Å². The highest BCUT2D eigenvalue weighted by molar-refractivity contribution is 7.98. The average Bonchev–Trinajstić information content (AvgIpc) is 2.76. The Hall–Kier alpha value is -2.51. The van der Waals surface area contributed by atoms with Crippen molar-refractivity contribution < 1.29 is 0 Å². The number of amidine groups is 1. The standard InChI is InChI=1S/C24H32N6S/c1-16-14-30(15-16)20-9-6-8-18-17(20)11-12-23(28-18)29-24(26-2)13-22(25)27-19-7-4-5-10-21(19)31-3/h4-5,7,10-13,16,20,26H,6,8-9,14-15H2,1-3H3,(H2,25,27)(H,28,29)/b24-13+. The quantitative estimate of drug-likeness (QED) is 0.341. The third-order valence-electron chi connectivity index (χ3n) is 5.95. The van der Waals surface area contributed by atoms with Crippen molar-refractivity contribution in [3.05, 3.63) is 59.6 Å². The first-order chi connectivity index (χ1) is 15.1. The van der Waals surface area contributed by atoms with Gasteiger partial charge in [0.2, 0.25) is 0 Å². The average molecular weight is 437 g/mol. The Balaban J connectivity index is 1.50. The van der Waals surface area contributed by atoms with Crippen LogP contribution in [-0.2, 0) is 6.42 Å². The van der Waals surface area contributed by atoms with Gasteiger partial charge >= 0.3 is 0 Å². The molecule has 0 saturated carbocycles. The van der Waals surface area contributed by atoms with Crippen molar-refractivity contribution in [2.45, 2.75) is 37.1 Å². The van der Waals surface area contributed by atoms with Gasteiger partial charge in [-0.15, -0.1) is 11.8 Å². The van der Waals surface area contributed by atoms with E-state index in [2.05, 4.69) is 39.6 Å². The maximum Gasteiger partial charge on any atom is 0.131 e. The molecule has 1 fully saturated rings. The summed E-state index contributed by atoms with van der Waals surface area (Å²) < 4.78 is 0. The first kappa shape index (κ1) is 21.7. The normalized spacial score (nSPS) is 20.2. The predicted octanol–water partition coefficient (Wildman–Crippen LogP) is 4.29. The molecular weight excluding hydrogens is 404 g/mol. The molecule has 2 aliphatic rings. The van der Waals surface area contributed by atoms with Gasteiger partial charge in [0.25, 0.3) is 0 Å². The Morgan fingerprint density at radius 1 is 1.26 bits per heavy atom. The fourth-order valence-corrected chi connectivity index (χ4v) is 4.97. The fraction of sp³-hybridized carbons (Fsp3) is 0.417. The number of rotatable bonds is 7. The number of aryl methyl sites for hydroxylation is 1. The number of likely N-dealkylation sites (tertiary alicyclic amines) is 1. The highest BCUT2D eigenvalue weighted by Crippen LogP contribution is 2.37. The Kier molecular flexibility index (Phi) is 6.83. The number of para-hydroxylation sites is 1. The summed E-state index contributed by atoms with van der Waals surface area (Å²) >= 11 is 1.66. The number of nitrogens with zero attached hydrogens (tertiary/aromatic N) is 3. The molecular formula is C24H32N6S. The summed E-state index contributed by atoms with van der Waals surface area (Å²) in [5, 5.41) is 6.52. The predicted molar refractivity (Wildman–Crippen MR) is 131 cm³/mol. The van der Waals surface area contributed by atoms with E-state index in [4.69, 9.17) is 10.7 Å². The molecule has 0 radical (unpaired) electrons. The number of nitrogens with one attached hydrogen (secondary N) is 2. The molecule has 0 spiro atoms. The fourth-order valence-electron chi connectivity index (χ4n) is 4.43. The molecule has 1 unspecified atom stereocenters. The number of benzene rings is 1. The van der Waals surface area contributed by atoms with Crippen LogP contribution in [0.15, 0.2) is 58.2 Å². The molecule has 164 valence electrons. The summed E-state index contributed by atoms with van der Waals surface area (Å²) in [6.07, 6.45) is 7.32. The summed E-state index contributed by atoms with van der Waals surface area (Å²) in [4.78, 5) is 13.2. The third-order valence-corrected chi connectivity index (χ3v) is 6.74. The number of nitrogens with two attached hydrogens (primary N) is 1. The topological polar surface area (TPSA) is 78.6 Å². The molecule has 1 atom stereocenters. The summed E-state index contributed by atoms with van der Waals surface area (Å²) in [5.41, 5.74) is 9.70. The minimum Gasteiger partial charge on any atom is -0.384 e. The molecule has 1 saturated heterocycles. The van der Waals surface area contributed by atoms with Gasteiger partial charge in [-0.1, -0.05) is 25.1 Å². The third kappa shape index (κ3) is 5.05. The van der Waals surface area contributed by atoms with E-state index in [1.165, 1.54) is 37.2 Å². The van der Waals surface area contributed by atoms with Gasteiger partial charge in [0.15, 0.2) is 0 Å². The van der Waals surface area contributed by atoms with Crippen LogP contribution in [0.4, 0.5) is 11.5 Å². The molecule has 2 aromatic rings. The van der Waals surface area contributed by atoms with E-state index in [9.17, 15) is 0 Å². The van der Waals surface area contributed by atoms with Crippen LogP contribution in [0.3, 0.4) is 0 Å². The lowest BCUT2D eigenvalue weighted by Crippen LogP contribution is -2.47. The molecule has 1 aromatic heterocycles. The summed E-state index contributed by atoms with van der Waals surface area (Å²) in [7, 11) is 1.86. The van der Waals surface area contributed by atoms with E-state index in [1.54, 1.807) is 11.8 Å². The van der Waals surface area contributed by atoms with Crippen molar-refractivity contribution in [2.75, 3.05) is 31.7 Å². The first-order valence-electron chi connectivity index (χ1n) is 10.9. The van der Waals surface area contributed by atoms with Gasteiger partial charge < -0.3 is 16.4 Å². The van der Waals surface area contributed by atoms with Gasteiger partial charge in [-0.25, -0.2) is 9.98 Å². The molecule has 1 aliphatic heterocycles. The maximum absolute atomic E-state index is 6.21. The lowest BCUT2D eigenvalue weighted by Gasteiger charge is -2.45. The molecule has 0 amide bonds. The number of aliphatic imine (C=N–C) groups is 1. The van der Waals surface area contributed by atoms with Crippen molar-refractivity contribution in [1.82, 2.24) is 15.2 Å². The van der Waals surface area contributed by atoms with E-state index >= 15 is 0 Å². The van der Waals surface area contributed by atoms with Crippen LogP contribution in [0, 0.1) is 5.92 Å². The minimum atomic E-state index is 0.434. The Labute approximate surface area is 189 Å². The van der Waals surface area contributed by atoms with Crippen LogP contribution in [0.2, 0.25) is 0 Å². The number of hydrogen-bond acceptors (Lipinski definition) is 6. The largest absolute Gasteiger partial charge is 0.384 e. The number of aromatic nitrogens is 1. The van der Waals surface area contributed by atoms with Crippen molar-refractivity contribution in [2.24, 2.45) is 16.6 Å². The van der Waals surface area contributed by atoms with Crippen LogP contribution in [0.1, 0.15) is 37.1 Å². The van der Waals surface area contributed by atoms with Crippen LogP contribution in [0.5, 0.6) is 0 Å². The zero-order valence-electron chi connectivity index (χ0n) is 18.6. The first-order valence-corrected chi connectivity index (χ1v) is 12.2. The highest BCUT2D eigenvalue weighted by Gasteiger charge is 2.33. The Morgan fingerprint density at radius 2 is 2.06 bits per heavy atom. The zero-order valence-corrected chi connectivity index (χ0v) is 19.4. The lowest BCUT2D eigenvalue weighted by atomic mass is 9.86.